The summed E-state index contributed by atoms with van der Waals surface area (Å²) in [4.78, 5) is 42.7. The van der Waals surface area contributed by atoms with Crippen LogP contribution in [0.3, 0.4) is 0 Å². The highest BCUT2D eigenvalue weighted by Crippen LogP contribution is 2.31. The number of Topliss-reactive ketones (excluding diaryl/α,β-unsaturated/α-hetero) is 2. The fourth-order valence-corrected chi connectivity index (χ4v) is 7.75. The number of anilines is 2. The summed E-state index contributed by atoms with van der Waals surface area (Å²) in [5.74, 6) is -8.95. The lowest BCUT2D eigenvalue weighted by molar-refractivity contribution is -0.193. The van der Waals surface area contributed by atoms with Crippen molar-refractivity contribution in [3.8, 4) is 5.88 Å². The number of carbonyl (C=O) groups excluding carboxylic acids is 3. The number of aromatic nitrogens is 2. The summed E-state index contributed by atoms with van der Waals surface area (Å²) in [6, 6.07) is 6.16. The zero-order valence-electron chi connectivity index (χ0n) is 27.6. The topological polar surface area (TPSA) is 165 Å². The number of alkyl halides is 6. The molecule has 290 valence electrons. The van der Waals surface area contributed by atoms with Crippen molar-refractivity contribution in [1.29, 1.82) is 0 Å². The number of halogens is 8. The van der Waals surface area contributed by atoms with Gasteiger partial charge >= 0.3 is 23.9 Å². The van der Waals surface area contributed by atoms with Gasteiger partial charge in [0.15, 0.2) is 5.13 Å². The lowest BCUT2D eigenvalue weighted by Crippen LogP contribution is -2.42. The SMILES string of the molecule is CN1CCCC(COc2ccc(S(=O)(=O)N3CCC(Nc4nc(N)c(C(=O)c5c(F)cccc5F)s4)CC3)cn2)C1.O=C(C(=O)C(F)(F)F)C(F)(F)F. The summed E-state index contributed by atoms with van der Waals surface area (Å²) >= 11 is 0.907. The predicted molar refractivity (Wildman–Crippen MR) is 174 cm³/mol. The molecule has 0 bridgehead atoms. The van der Waals surface area contributed by atoms with E-state index < -0.39 is 56.9 Å². The second-order valence-corrected chi connectivity index (χ2v) is 15.0. The number of nitrogen functional groups attached to an aromatic ring is 1. The Bertz CT molecular complexity index is 1860. The van der Waals surface area contributed by atoms with Gasteiger partial charge in [-0.3, -0.25) is 14.4 Å². The van der Waals surface area contributed by atoms with Crippen LogP contribution in [0.5, 0.6) is 5.88 Å². The molecule has 2 aliphatic heterocycles. The maximum absolute atomic E-state index is 14.1. The fourth-order valence-electron chi connectivity index (χ4n) is 5.42. The van der Waals surface area contributed by atoms with E-state index in [2.05, 4.69) is 27.2 Å². The number of thiazole rings is 1. The Kier molecular flexibility index (Phi) is 13.2. The second kappa shape index (κ2) is 16.8. The molecule has 0 saturated carbocycles. The Morgan fingerprint density at radius 1 is 0.962 bits per heavy atom. The first kappa shape index (κ1) is 41.5. The van der Waals surface area contributed by atoms with Gasteiger partial charge in [-0.2, -0.15) is 30.6 Å². The lowest BCUT2D eigenvalue weighted by Gasteiger charge is -2.31. The van der Waals surface area contributed by atoms with Gasteiger partial charge < -0.3 is 20.7 Å². The zero-order valence-corrected chi connectivity index (χ0v) is 29.3. The van der Waals surface area contributed by atoms with Crippen molar-refractivity contribution < 1.29 is 62.7 Å². The van der Waals surface area contributed by atoms with Gasteiger partial charge in [0.2, 0.25) is 21.7 Å². The number of nitrogens with one attached hydrogen (secondary N) is 1. The molecule has 4 heterocycles. The Morgan fingerprint density at radius 2 is 1.57 bits per heavy atom. The molecule has 0 aliphatic carbocycles. The molecule has 2 saturated heterocycles. The van der Waals surface area contributed by atoms with E-state index in [0.717, 1.165) is 49.4 Å². The van der Waals surface area contributed by atoms with Gasteiger partial charge in [0.25, 0.3) is 0 Å². The van der Waals surface area contributed by atoms with Crippen molar-refractivity contribution in [2.75, 3.05) is 50.9 Å². The van der Waals surface area contributed by atoms with Gasteiger partial charge in [0, 0.05) is 37.7 Å². The van der Waals surface area contributed by atoms with Gasteiger partial charge in [-0.1, -0.05) is 17.4 Å². The standard InChI is InChI=1S/C27H32F2N6O4S2.C4F6O2/c1-34-11-3-4-17(15-34)16-39-22-8-7-19(14-31-22)41(37,38)35-12-9-18(10-13-35)32-27-33-26(30)25(40-27)24(36)23-20(28)5-2-6-21(23)29;5-3(6,7)1(11)2(12)4(8,9)10/h2,5-8,14,17-18H,3-4,9-13,15-16,30H2,1H3,(H,32,33);. The van der Waals surface area contributed by atoms with E-state index in [0.29, 0.717) is 36.4 Å². The molecule has 1 unspecified atom stereocenters. The zero-order chi connectivity index (χ0) is 39.3. The first-order valence-corrected chi connectivity index (χ1v) is 18.0. The molecular weight excluding hydrogens is 768 g/mol. The molecule has 3 N–H and O–H groups in total. The molecule has 5 rings (SSSR count). The third-order valence-corrected chi connectivity index (χ3v) is 11.0. The number of benzene rings is 1. The van der Waals surface area contributed by atoms with Crippen LogP contribution in [0.2, 0.25) is 0 Å². The van der Waals surface area contributed by atoms with E-state index in [-0.39, 0.29) is 34.7 Å². The normalized spacial score (nSPS) is 17.8. The van der Waals surface area contributed by atoms with Crippen LogP contribution in [0.25, 0.3) is 0 Å². The summed E-state index contributed by atoms with van der Waals surface area (Å²) in [7, 11) is -1.65. The van der Waals surface area contributed by atoms with Crippen molar-refractivity contribution >= 4 is 49.7 Å². The minimum Gasteiger partial charge on any atom is -0.477 e. The maximum Gasteiger partial charge on any atom is 0.458 e. The maximum atomic E-state index is 14.1. The highest BCUT2D eigenvalue weighted by molar-refractivity contribution is 7.89. The third kappa shape index (κ3) is 10.7. The summed E-state index contributed by atoms with van der Waals surface area (Å²) in [5.41, 5.74) is 5.21. The van der Waals surface area contributed by atoms with Crippen LogP contribution in [0.15, 0.2) is 41.4 Å². The van der Waals surface area contributed by atoms with Gasteiger partial charge in [-0.05, 0) is 57.5 Å². The summed E-state index contributed by atoms with van der Waals surface area (Å²) in [6.45, 7) is 3.14. The molecule has 0 amide bonds. The Hall–Kier alpha value is -4.28. The lowest BCUT2D eigenvalue weighted by atomic mass is 10.00. The molecule has 1 atom stereocenters. The number of nitrogens with zero attached hydrogens (tertiary/aromatic N) is 4. The van der Waals surface area contributed by atoms with Crippen LogP contribution >= 0.6 is 11.3 Å². The smallest absolute Gasteiger partial charge is 0.458 e. The minimum absolute atomic E-state index is 0.0671. The van der Waals surface area contributed by atoms with Crippen LogP contribution in [0.4, 0.5) is 46.1 Å². The van der Waals surface area contributed by atoms with E-state index in [1.807, 2.05) is 0 Å². The number of pyridine rings is 1. The van der Waals surface area contributed by atoms with Gasteiger partial charge in [-0.15, -0.1) is 0 Å². The number of ketones is 3. The predicted octanol–water partition coefficient (Wildman–Crippen LogP) is 4.86. The summed E-state index contributed by atoms with van der Waals surface area (Å²) in [5, 5.41) is 3.50. The molecule has 0 spiro atoms. The van der Waals surface area contributed by atoms with E-state index >= 15 is 0 Å². The number of piperidine rings is 2. The second-order valence-electron chi connectivity index (χ2n) is 12.0. The summed E-state index contributed by atoms with van der Waals surface area (Å²) in [6.07, 6.45) is -7.01. The van der Waals surface area contributed by atoms with Gasteiger partial charge in [-0.25, -0.2) is 27.2 Å². The number of nitrogens with two attached hydrogens (primary N) is 1. The quantitative estimate of drug-likeness (QED) is 0.164. The van der Waals surface area contributed by atoms with E-state index in [4.69, 9.17) is 10.5 Å². The molecule has 2 fully saturated rings. The highest BCUT2D eigenvalue weighted by Gasteiger charge is 2.54. The van der Waals surface area contributed by atoms with E-state index in [1.54, 1.807) is 6.07 Å². The Balaban J connectivity index is 0.000000450. The minimum atomic E-state index is -5.77. The monoisotopic (exact) mass is 800 g/mol. The Morgan fingerprint density at radius 3 is 2.09 bits per heavy atom. The van der Waals surface area contributed by atoms with Crippen LogP contribution in [-0.4, -0.2) is 103 Å². The van der Waals surface area contributed by atoms with Crippen molar-refractivity contribution in [3.63, 3.8) is 0 Å². The van der Waals surface area contributed by atoms with E-state index in [1.165, 1.54) is 22.6 Å². The van der Waals surface area contributed by atoms with Crippen molar-refractivity contribution in [3.05, 3.63) is 58.6 Å². The number of likely N-dealkylation sites (tertiary alicyclic amines) is 1. The molecule has 2 aromatic heterocycles. The van der Waals surface area contributed by atoms with Gasteiger partial charge in [0.05, 0.1) is 18.4 Å². The molecule has 2 aliphatic rings. The molecule has 22 heteroatoms. The van der Waals surface area contributed by atoms with Crippen molar-refractivity contribution in [1.82, 2.24) is 19.2 Å². The average molecular weight is 801 g/mol. The first-order chi connectivity index (χ1) is 24.7. The molecule has 3 aromatic rings. The molecule has 53 heavy (non-hydrogen) atoms. The first-order valence-electron chi connectivity index (χ1n) is 15.7. The van der Waals surface area contributed by atoms with Crippen LogP contribution < -0.4 is 15.8 Å². The highest BCUT2D eigenvalue weighted by atomic mass is 32.2. The van der Waals surface area contributed by atoms with Gasteiger partial charge in [0.1, 0.15) is 27.2 Å². The number of rotatable bonds is 10. The van der Waals surface area contributed by atoms with E-state index in [9.17, 15) is 57.9 Å². The van der Waals surface area contributed by atoms with Crippen LogP contribution in [0, 0.1) is 17.6 Å². The molecule has 12 nitrogen and oxygen atoms in total. The molecule has 0 radical (unpaired) electrons. The third-order valence-electron chi connectivity index (χ3n) is 8.09. The number of sulfonamides is 1. The Labute approximate surface area is 301 Å². The van der Waals surface area contributed by atoms with Crippen LogP contribution in [0.1, 0.15) is 40.9 Å². The number of hydrogen-bond donors (Lipinski definition) is 2. The van der Waals surface area contributed by atoms with Crippen LogP contribution in [-0.2, 0) is 19.6 Å². The van der Waals surface area contributed by atoms with Crippen molar-refractivity contribution in [2.24, 2.45) is 5.92 Å². The number of ether oxygens (including phenoxy) is 1. The fraction of sp³-hybridized carbons (Fsp3) is 0.452. The average Bonchev–Trinajstić information content (AvgIpc) is 3.45. The number of hydrogen-bond acceptors (Lipinski definition) is 12. The molecular formula is C31H32F8N6O6S2. The largest absolute Gasteiger partial charge is 0.477 e. The van der Waals surface area contributed by atoms with Crippen molar-refractivity contribution in [2.45, 2.75) is 49.0 Å². The summed E-state index contributed by atoms with van der Waals surface area (Å²) < 4.78 is 129. The number of carbonyl (C=O) groups is 3. The molecule has 1 aromatic carbocycles.